The molecule has 0 fully saturated rings. The van der Waals surface area contributed by atoms with E-state index in [1.807, 2.05) is 48.0 Å². The lowest BCUT2D eigenvalue weighted by atomic mass is 10.1. The lowest BCUT2D eigenvalue weighted by Crippen LogP contribution is -1.99. The third kappa shape index (κ3) is 2.58. The summed E-state index contributed by atoms with van der Waals surface area (Å²) in [7, 11) is 0. The number of fused-ring (bicyclic) bond motifs is 1. The first-order valence-corrected chi connectivity index (χ1v) is 7.33. The second kappa shape index (κ2) is 6.26. The number of rotatable bonds is 2. The summed E-state index contributed by atoms with van der Waals surface area (Å²) >= 11 is 0. The van der Waals surface area contributed by atoms with Crippen molar-refractivity contribution in [1.82, 2.24) is 24.1 Å². The van der Waals surface area contributed by atoms with E-state index >= 15 is 0 Å². The van der Waals surface area contributed by atoms with Crippen LogP contribution in [0.2, 0.25) is 0 Å². The minimum absolute atomic E-state index is 0. The monoisotopic (exact) mass is 351 g/mol. The maximum absolute atomic E-state index is 9.23. The number of hydrogen-bond acceptors (Lipinski definition) is 5. The Morgan fingerprint density at radius 2 is 2.00 bits per heavy atom. The SMILES string of the molecule is Cc1nccn1-c1cccc(-c2ccnc3c(C#N)c(N)nn23)c1.Cl. The Balaban J connectivity index is 0.00000182. The first-order chi connectivity index (χ1) is 11.7. The van der Waals surface area contributed by atoms with Gasteiger partial charge in [-0.3, -0.25) is 0 Å². The zero-order valence-corrected chi connectivity index (χ0v) is 14.1. The summed E-state index contributed by atoms with van der Waals surface area (Å²) in [5.41, 5.74) is 9.33. The van der Waals surface area contributed by atoms with Gasteiger partial charge >= 0.3 is 0 Å². The molecule has 0 spiro atoms. The number of nitriles is 1. The molecule has 25 heavy (non-hydrogen) atoms. The predicted molar refractivity (Wildman–Crippen MR) is 96.7 cm³/mol. The predicted octanol–water partition coefficient (Wildman–Crippen LogP) is 2.77. The van der Waals surface area contributed by atoms with Gasteiger partial charge in [0.15, 0.2) is 11.5 Å². The van der Waals surface area contributed by atoms with E-state index < -0.39 is 0 Å². The number of imidazole rings is 1. The quantitative estimate of drug-likeness (QED) is 0.598. The Morgan fingerprint density at radius 3 is 2.72 bits per heavy atom. The molecule has 0 aliphatic carbocycles. The molecule has 3 heterocycles. The van der Waals surface area contributed by atoms with Crippen molar-refractivity contribution in [3.63, 3.8) is 0 Å². The van der Waals surface area contributed by atoms with E-state index in [0.29, 0.717) is 11.2 Å². The third-order valence-electron chi connectivity index (χ3n) is 3.90. The second-order valence-electron chi connectivity index (χ2n) is 5.33. The number of nitrogens with two attached hydrogens (primary N) is 1. The molecule has 4 rings (SSSR count). The smallest absolute Gasteiger partial charge is 0.175 e. The Morgan fingerprint density at radius 1 is 1.16 bits per heavy atom. The van der Waals surface area contributed by atoms with Gasteiger partial charge in [-0.1, -0.05) is 12.1 Å². The van der Waals surface area contributed by atoms with Crippen LogP contribution < -0.4 is 5.73 Å². The van der Waals surface area contributed by atoms with Crippen LogP contribution in [0.3, 0.4) is 0 Å². The van der Waals surface area contributed by atoms with Gasteiger partial charge in [0.25, 0.3) is 0 Å². The molecule has 0 aliphatic heterocycles. The van der Waals surface area contributed by atoms with Crippen LogP contribution in [-0.4, -0.2) is 24.1 Å². The summed E-state index contributed by atoms with van der Waals surface area (Å²) in [6, 6.07) is 11.9. The van der Waals surface area contributed by atoms with Crippen LogP contribution in [0, 0.1) is 18.3 Å². The summed E-state index contributed by atoms with van der Waals surface area (Å²) in [6.07, 6.45) is 5.33. The van der Waals surface area contributed by atoms with Crippen molar-refractivity contribution >= 4 is 23.9 Å². The molecule has 124 valence electrons. The van der Waals surface area contributed by atoms with Crippen molar-refractivity contribution in [3.8, 4) is 23.0 Å². The molecule has 2 N–H and O–H groups in total. The Kier molecular flexibility index (Phi) is 4.13. The van der Waals surface area contributed by atoms with Crippen LogP contribution in [0.15, 0.2) is 48.9 Å². The van der Waals surface area contributed by atoms with Gasteiger partial charge < -0.3 is 10.3 Å². The fourth-order valence-corrected chi connectivity index (χ4v) is 2.75. The second-order valence-corrected chi connectivity index (χ2v) is 5.33. The van der Waals surface area contributed by atoms with Gasteiger partial charge in [0.1, 0.15) is 17.5 Å². The van der Waals surface area contributed by atoms with Crippen LogP contribution >= 0.6 is 12.4 Å². The van der Waals surface area contributed by atoms with Crippen LogP contribution in [0.25, 0.3) is 22.6 Å². The molecule has 1 aromatic carbocycles. The first-order valence-electron chi connectivity index (χ1n) is 7.33. The van der Waals surface area contributed by atoms with E-state index in [1.165, 1.54) is 0 Å². The molecular formula is C17H14ClN7. The molecule has 8 heteroatoms. The van der Waals surface area contributed by atoms with E-state index in [0.717, 1.165) is 22.8 Å². The van der Waals surface area contributed by atoms with E-state index in [4.69, 9.17) is 5.73 Å². The van der Waals surface area contributed by atoms with Crippen molar-refractivity contribution in [1.29, 1.82) is 5.26 Å². The van der Waals surface area contributed by atoms with Crippen LogP contribution in [-0.2, 0) is 0 Å². The molecule has 0 aliphatic rings. The minimum atomic E-state index is 0. The van der Waals surface area contributed by atoms with Crippen molar-refractivity contribution in [2.75, 3.05) is 5.73 Å². The highest BCUT2D eigenvalue weighted by atomic mass is 35.5. The molecule has 0 unspecified atom stereocenters. The van der Waals surface area contributed by atoms with E-state index in [-0.39, 0.29) is 18.2 Å². The summed E-state index contributed by atoms with van der Waals surface area (Å²) in [6.45, 7) is 1.95. The number of aromatic nitrogens is 5. The number of benzene rings is 1. The third-order valence-corrected chi connectivity index (χ3v) is 3.90. The van der Waals surface area contributed by atoms with Crippen LogP contribution in [0.4, 0.5) is 5.82 Å². The van der Waals surface area contributed by atoms with Crippen molar-refractivity contribution in [2.24, 2.45) is 0 Å². The fraction of sp³-hybridized carbons (Fsp3) is 0.0588. The largest absolute Gasteiger partial charge is 0.381 e. The van der Waals surface area contributed by atoms with Crippen molar-refractivity contribution < 1.29 is 0 Å². The molecule has 0 bridgehead atoms. The maximum Gasteiger partial charge on any atom is 0.175 e. The number of hydrogen-bond donors (Lipinski definition) is 1. The number of aryl methyl sites for hydroxylation is 1. The lowest BCUT2D eigenvalue weighted by molar-refractivity contribution is 0.949. The van der Waals surface area contributed by atoms with Crippen molar-refractivity contribution in [2.45, 2.75) is 6.92 Å². The standard InChI is InChI=1S/C17H13N7.ClH/c1-11-20-7-8-23(11)13-4-2-3-12(9-13)15-5-6-21-17-14(10-18)16(19)22-24(15)17;/h2-9H,1H3,(H2,19,22);1H. The molecular weight excluding hydrogens is 338 g/mol. The normalized spacial score (nSPS) is 10.4. The van der Waals surface area contributed by atoms with Gasteiger partial charge in [0, 0.05) is 29.8 Å². The van der Waals surface area contributed by atoms with Crippen LogP contribution in [0.1, 0.15) is 11.4 Å². The molecule has 3 aromatic heterocycles. The van der Waals surface area contributed by atoms with Gasteiger partial charge in [-0.05, 0) is 25.1 Å². The summed E-state index contributed by atoms with van der Waals surface area (Å²) in [4.78, 5) is 8.48. The first kappa shape index (κ1) is 16.5. The molecule has 0 atom stereocenters. The highest BCUT2D eigenvalue weighted by Crippen LogP contribution is 2.25. The van der Waals surface area contributed by atoms with Gasteiger partial charge in [0.05, 0.1) is 5.69 Å². The zero-order valence-electron chi connectivity index (χ0n) is 13.3. The summed E-state index contributed by atoms with van der Waals surface area (Å²) in [5.74, 6) is 1.08. The van der Waals surface area contributed by atoms with Crippen molar-refractivity contribution in [3.05, 3.63) is 60.3 Å². The van der Waals surface area contributed by atoms with Gasteiger partial charge in [0.2, 0.25) is 0 Å². The molecule has 0 amide bonds. The minimum Gasteiger partial charge on any atom is -0.381 e. The number of nitrogens with zero attached hydrogens (tertiary/aromatic N) is 6. The van der Waals surface area contributed by atoms with Gasteiger partial charge in [-0.25, -0.2) is 14.5 Å². The Bertz CT molecular complexity index is 1100. The number of nitrogen functional groups attached to an aromatic ring is 1. The molecule has 0 radical (unpaired) electrons. The lowest BCUT2D eigenvalue weighted by Gasteiger charge is -2.09. The molecule has 0 saturated heterocycles. The van der Waals surface area contributed by atoms with E-state index in [2.05, 4.69) is 21.1 Å². The average Bonchev–Trinajstić information content (AvgIpc) is 3.16. The van der Waals surface area contributed by atoms with Gasteiger partial charge in [-0.15, -0.1) is 17.5 Å². The van der Waals surface area contributed by atoms with E-state index in [9.17, 15) is 5.26 Å². The molecule has 0 saturated carbocycles. The Labute approximate surface area is 149 Å². The fourth-order valence-electron chi connectivity index (χ4n) is 2.75. The molecule has 7 nitrogen and oxygen atoms in total. The topological polar surface area (TPSA) is 97.8 Å². The number of anilines is 1. The van der Waals surface area contributed by atoms with Crippen LogP contribution in [0.5, 0.6) is 0 Å². The van der Waals surface area contributed by atoms with Gasteiger partial charge in [-0.2, -0.15) is 5.26 Å². The highest BCUT2D eigenvalue weighted by Gasteiger charge is 2.14. The maximum atomic E-state index is 9.23. The summed E-state index contributed by atoms with van der Waals surface area (Å²) in [5, 5.41) is 13.5. The average molecular weight is 352 g/mol. The highest BCUT2D eigenvalue weighted by molar-refractivity contribution is 5.85. The zero-order chi connectivity index (χ0) is 16.7. The van der Waals surface area contributed by atoms with E-state index in [1.54, 1.807) is 16.9 Å². The summed E-state index contributed by atoms with van der Waals surface area (Å²) < 4.78 is 3.60. The Hall–Kier alpha value is -3.37. The number of halogens is 1. The molecule has 4 aromatic rings.